The highest BCUT2D eigenvalue weighted by molar-refractivity contribution is 7.88. The third kappa shape index (κ3) is 5.41. The molecule has 1 amide bonds. The summed E-state index contributed by atoms with van der Waals surface area (Å²) < 4.78 is 24.0. The lowest BCUT2D eigenvalue weighted by Crippen LogP contribution is -2.44. The highest BCUT2D eigenvalue weighted by Crippen LogP contribution is 1.95. The first-order valence-electron chi connectivity index (χ1n) is 5.02. The normalized spacial score (nSPS) is 13.1. The zero-order chi connectivity index (χ0) is 12.9. The molecule has 2 N–H and O–H groups in total. The molecule has 1 heterocycles. The number of rotatable bonds is 5. The zero-order valence-electron chi connectivity index (χ0n) is 9.67. The fourth-order valence-electron chi connectivity index (χ4n) is 1.22. The van der Waals surface area contributed by atoms with Gasteiger partial charge in [-0.2, -0.15) is 0 Å². The maximum atomic E-state index is 11.5. The Balaban J connectivity index is 2.45. The van der Waals surface area contributed by atoms with Crippen molar-refractivity contribution in [3.8, 4) is 0 Å². The third-order valence-electron chi connectivity index (χ3n) is 1.97. The largest absolute Gasteiger partial charge is 0.351 e. The van der Waals surface area contributed by atoms with Gasteiger partial charge in [-0.3, -0.25) is 9.78 Å². The molecule has 0 saturated heterocycles. The Labute approximate surface area is 100 Å². The molecule has 17 heavy (non-hydrogen) atoms. The lowest BCUT2D eigenvalue weighted by atomic mass is 10.2. The van der Waals surface area contributed by atoms with E-state index in [1.165, 1.54) is 6.92 Å². The predicted octanol–water partition coefficient (Wildman–Crippen LogP) is -0.364. The summed E-state index contributed by atoms with van der Waals surface area (Å²) in [5.41, 5.74) is 0.854. The molecule has 0 spiro atoms. The van der Waals surface area contributed by atoms with Crippen LogP contribution in [0.3, 0.4) is 0 Å². The fourth-order valence-corrected chi connectivity index (χ4v) is 1.97. The molecule has 6 nitrogen and oxygen atoms in total. The second-order valence-corrected chi connectivity index (χ2v) is 5.47. The van der Waals surface area contributed by atoms with Crippen LogP contribution >= 0.6 is 0 Å². The van der Waals surface area contributed by atoms with Crippen LogP contribution in [0.2, 0.25) is 0 Å². The van der Waals surface area contributed by atoms with E-state index in [9.17, 15) is 13.2 Å². The van der Waals surface area contributed by atoms with Gasteiger partial charge in [0, 0.05) is 18.9 Å². The first kappa shape index (κ1) is 13.6. The highest BCUT2D eigenvalue weighted by atomic mass is 32.2. The summed E-state index contributed by atoms with van der Waals surface area (Å²) in [7, 11) is -3.37. The third-order valence-corrected chi connectivity index (χ3v) is 2.76. The zero-order valence-corrected chi connectivity index (χ0v) is 10.5. The van der Waals surface area contributed by atoms with Gasteiger partial charge in [-0.05, 0) is 18.6 Å². The van der Waals surface area contributed by atoms with E-state index in [-0.39, 0.29) is 5.91 Å². The van der Waals surface area contributed by atoms with Crippen LogP contribution in [0.25, 0.3) is 0 Å². The highest BCUT2D eigenvalue weighted by Gasteiger charge is 2.16. The Morgan fingerprint density at radius 2 is 2.24 bits per heavy atom. The maximum absolute atomic E-state index is 11.5. The molecule has 94 valence electrons. The number of pyridine rings is 1. The molecule has 1 aromatic heterocycles. The molecule has 0 aliphatic rings. The minimum absolute atomic E-state index is 0.322. The summed E-state index contributed by atoms with van der Waals surface area (Å²) in [5.74, 6) is -0.376. The van der Waals surface area contributed by atoms with E-state index in [2.05, 4.69) is 15.0 Å². The van der Waals surface area contributed by atoms with E-state index in [1.807, 2.05) is 6.07 Å². The molecule has 1 aromatic rings. The number of hydrogen-bond donors (Lipinski definition) is 2. The molecule has 1 rings (SSSR count). The minimum Gasteiger partial charge on any atom is -0.351 e. The van der Waals surface area contributed by atoms with Gasteiger partial charge >= 0.3 is 0 Å². The van der Waals surface area contributed by atoms with E-state index in [1.54, 1.807) is 18.5 Å². The van der Waals surface area contributed by atoms with Gasteiger partial charge in [-0.25, -0.2) is 13.1 Å². The van der Waals surface area contributed by atoms with Crippen LogP contribution in [0.4, 0.5) is 0 Å². The number of carbonyl (C=O) groups is 1. The number of aromatic nitrogens is 1. The van der Waals surface area contributed by atoms with Gasteiger partial charge in [0.15, 0.2) is 0 Å². The number of nitrogens with zero attached hydrogens (tertiary/aromatic N) is 1. The van der Waals surface area contributed by atoms with E-state index >= 15 is 0 Å². The van der Waals surface area contributed by atoms with Crippen LogP contribution in [0.5, 0.6) is 0 Å². The molecule has 0 radical (unpaired) electrons. The molecule has 0 aromatic carbocycles. The number of hydrogen-bond acceptors (Lipinski definition) is 4. The number of sulfonamides is 1. The number of amides is 1. The molecule has 0 aliphatic heterocycles. The van der Waals surface area contributed by atoms with Crippen molar-refractivity contribution in [1.29, 1.82) is 0 Å². The van der Waals surface area contributed by atoms with Gasteiger partial charge in [0.2, 0.25) is 15.9 Å². The Hall–Kier alpha value is -1.47. The average molecular weight is 257 g/mol. The topological polar surface area (TPSA) is 88.2 Å². The standard InChI is InChI=1S/C10H15N3O3S/c1-8(13-17(2,15)16)10(14)12-7-9-4-3-5-11-6-9/h3-6,8,13H,7H2,1-2H3,(H,12,14)/t8-/m1/s1. The van der Waals surface area contributed by atoms with Crippen LogP contribution in [0.15, 0.2) is 24.5 Å². The van der Waals surface area contributed by atoms with Gasteiger partial charge in [0.05, 0.1) is 12.3 Å². The van der Waals surface area contributed by atoms with Crippen molar-refractivity contribution in [2.24, 2.45) is 0 Å². The SMILES string of the molecule is C[C@@H](NS(C)(=O)=O)C(=O)NCc1cccnc1. The van der Waals surface area contributed by atoms with E-state index in [0.717, 1.165) is 11.8 Å². The van der Waals surface area contributed by atoms with Gasteiger partial charge in [0.25, 0.3) is 0 Å². The molecule has 0 aliphatic carbocycles. The Morgan fingerprint density at radius 3 is 2.76 bits per heavy atom. The van der Waals surface area contributed by atoms with Crippen LogP contribution in [0, 0.1) is 0 Å². The first-order valence-corrected chi connectivity index (χ1v) is 6.91. The molecule has 0 bridgehead atoms. The van der Waals surface area contributed by atoms with Gasteiger partial charge in [-0.15, -0.1) is 0 Å². The fraction of sp³-hybridized carbons (Fsp3) is 0.400. The average Bonchev–Trinajstić information content (AvgIpc) is 2.25. The molecule has 0 fully saturated rings. The molecule has 1 atom stereocenters. The second kappa shape index (κ2) is 5.74. The van der Waals surface area contributed by atoms with E-state index in [4.69, 9.17) is 0 Å². The van der Waals surface area contributed by atoms with Crippen molar-refractivity contribution in [2.45, 2.75) is 19.5 Å². The van der Waals surface area contributed by atoms with Crippen molar-refractivity contribution >= 4 is 15.9 Å². The summed E-state index contributed by atoms with van der Waals surface area (Å²) in [5, 5.41) is 2.62. The molecular weight excluding hydrogens is 242 g/mol. The molecule has 0 unspecified atom stereocenters. The van der Waals surface area contributed by atoms with Crippen molar-refractivity contribution in [3.05, 3.63) is 30.1 Å². The quantitative estimate of drug-likeness (QED) is 0.753. The lowest BCUT2D eigenvalue weighted by molar-refractivity contribution is -0.122. The Bertz CT molecular complexity index is 473. The summed E-state index contributed by atoms with van der Waals surface area (Å²) in [4.78, 5) is 15.4. The maximum Gasteiger partial charge on any atom is 0.238 e. The number of nitrogens with one attached hydrogen (secondary N) is 2. The van der Waals surface area contributed by atoms with Crippen molar-refractivity contribution in [2.75, 3.05) is 6.26 Å². The van der Waals surface area contributed by atoms with Crippen LogP contribution in [-0.2, 0) is 21.4 Å². The van der Waals surface area contributed by atoms with Crippen molar-refractivity contribution < 1.29 is 13.2 Å². The summed E-state index contributed by atoms with van der Waals surface area (Å²) in [6.45, 7) is 1.81. The Kier molecular flexibility index (Phi) is 4.59. The number of carbonyl (C=O) groups excluding carboxylic acids is 1. The summed E-state index contributed by atoms with van der Waals surface area (Å²) >= 11 is 0. The minimum atomic E-state index is -3.37. The molecular formula is C10H15N3O3S. The molecule has 7 heteroatoms. The van der Waals surface area contributed by atoms with Gasteiger partial charge in [-0.1, -0.05) is 6.07 Å². The monoisotopic (exact) mass is 257 g/mol. The van der Waals surface area contributed by atoms with Crippen molar-refractivity contribution in [1.82, 2.24) is 15.0 Å². The van der Waals surface area contributed by atoms with Crippen LogP contribution in [0.1, 0.15) is 12.5 Å². The van der Waals surface area contributed by atoms with E-state index < -0.39 is 16.1 Å². The summed E-state index contributed by atoms with van der Waals surface area (Å²) in [6.07, 6.45) is 4.28. The molecule has 0 saturated carbocycles. The lowest BCUT2D eigenvalue weighted by Gasteiger charge is -2.12. The smallest absolute Gasteiger partial charge is 0.238 e. The predicted molar refractivity (Wildman–Crippen MR) is 63.5 cm³/mol. The van der Waals surface area contributed by atoms with E-state index in [0.29, 0.717) is 6.54 Å². The Morgan fingerprint density at radius 1 is 1.53 bits per heavy atom. The van der Waals surface area contributed by atoms with Crippen molar-refractivity contribution in [3.63, 3.8) is 0 Å². The van der Waals surface area contributed by atoms with Gasteiger partial charge < -0.3 is 5.32 Å². The first-order chi connectivity index (χ1) is 7.88. The summed E-state index contributed by atoms with van der Waals surface area (Å²) in [6, 6.07) is 2.79. The van der Waals surface area contributed by atoms with Gasteiger partial charge in [0.1, 0.15) is 0 Å². The second-order valence-electron chi connectivity index (χ2n) is 3.69. The van der Waals surface area contributed by atoms with Crippen LogP contribution < -0.4 is 10.0 Å². The van der Waals surface area contributed by atoms with Crippen LogP contribution in [-0.4, -0.2) is 31.6 Å².